The Balaban J connectivity index is 1.43. The molecule has 1 atom stereocenters. The zero-order valence-corrected chi connectivity index (χ0v) is 15.5. The predicted molar refractivity (Wildman–Crippen MR) is 106 cm³/mol. The number of urea groups is 1. The predicted octanol–water partition coefficient (Wildman–Crippen LogP) is 3.54. The topological polar surface area (TPSA) is 70.7 Å². The Bertz CT molecular complexity index is 779. The number of anilines is 2. The van der Waals surface area contributed by atoms with Crippen LogP contribution in [0.4, 0.5) is 16.2 Å². The van der Waals surface area contributed by atoms with Gasteiger partial charge in [-0.3, -0.25) is 4.79 Å². The summed E-state index contributed by atoms with van der Waals surface area (Å²) in [7, 11) is 0. The molecule has 2 aromatic carbocycles. The number of nitrogens with zero attached hydrogens (tertiary/aromatic N) is 1. The van der Waals surface area contributed by atoms with Gasteiger partial charge in [0.1, 0.15) is 0 Å². The third-order valence-electron chi connectivity index (χ3n) is 4.51. The number of amides is 3. The third-order valence-corrected chi connectivity index (χ3v) is 4.51. The van der Waals surface area contributed by atoms with Gasteiger partial charge in [-0.2, -0.15) is 0 Å². The summed E-state index contributed by atoms with van der Waals surface area (Å²) >= 11 is 0. The van der Waals surface area contributed by atoms with E-state index in [1.165, 1.54) is 0 Å². The van der Waals surface area contributed by atoms with E-state index in [0.717, 1.165) is 17.7 Å². The first-order valence-electron chi connectivity index (χ1n) is 9.22. The molecular weight excluding hydrogens is 342 g/mol. The first kappa shape index (κ1) is 18.9. The van der Waals surface area contributed by atoms with Gasteiger partial charge in [-0.25, -0.2) is 4.79 Å². The van der Waals surface area contributed by atoms with E-state index in [-0.39, 0.29) is 18.0 Å². The summed E-state index contributed by atoms with van der Waals surface area (Å²) in [4.78, 5) is 25.9. The van der Waals surface area contributed by atoms with Crippen molar-refractivity contribution in [1.82, 2.24) is 5.32 Å². The molecule has 0 spiro atoms. The summed E-state index contributed by atoms with van der Waals surface area (Å²) in [5.41, 5.74) is 2.57. The Labute approximate surface area is 159 Å². The van der Waals surface area contributed by atoms with Crippen molar-refractivity contribution in [3.8, 4) is 0 Å². The minimum absolute atomic E-state index is 0.125. The monoisotopic (exact) mass is 367 g/mol. The molecule has 1 aliphatic heterocycles. The normalized spacial score (nSPS) is 16.4. The van der Waals surface area contributed by atoms with E-state index in [0.29, 0.717) is 31.9 Å². The number of benzene rings is 2. The molecule has 0 aliphatic carbocycles. The van der Waals surface area contributed by atoms with Crippen LogP contribution in [0.15, 0.2) is 54.6 Å². The molecule has 2 aromatic rings. The number of carbonyl (C=O) groups is 2. The van der Waals surface area contributed by atoms with Gasteiger partial charge in [0.25, 0.3) is 0 Å². The minimum atomic E-state index is -0.295. The van der Waals surface area contributed by atoms with Crippen LogP contribution in [0, 0.1) is 0 Å². The first-order chi connectivity index (χ1) is 13.1. The summed E-state index contributed by atoms with van der Waals surface area (Å²) in [5, 5.41) is 5.57. The molecule has 1 aliphatic rings. The van der Waals surface area contributed by atoms with Crippen LogP contribution in [-0.2, 0) is 16.1 Å². The number of ether oxygens (including phenoxy) is 1. The fraction of sp³-hybridized carbons (Fsp3) is 0.333. The largest absolute Gasteiger partial charge is 0.375 e. The highest BCUT2D eigenvalue weighted by Crippen LogP contribution is 2.28. The maximum Gasteiger partial charge on any atom is 0.319 e. The summed E-state index contributed by atoms with van der Waals surface area (Å²) in [5.74, 6) is 0.125. The summed E-state index contributed by atoms with van der Waals surface area (Å²) < 4.78 is 5.54. The Morgan fingerprint density at radius 3 is 2.74 bits per heavy atom. The molecule has 6 nitrogen and oxygen atoms in total. The van der Waals surface area contributed by atoms with E-state index in [4.69, 9.17) is 4.74 Å². The van der Waals surface area contributed by atoms with Crippen LogP contribution in [0.1, 0.15) is 25.3 Å². The van der Waals surface area contributed by atoms with E-state index in [2.05, 4.69) is 10.6 Å². The van der Waals surface area contributed by atoms with Crippen LogP contribution < -0.4 is 15.5 Å². The number of hydrogen-bond donors (Lipinski definition) is 2. The first-order valence-corrected chi connectivity index (χ1v) is 9.22. The SMILES string of the molecule is C[C@@H]1CCC(=O)N1c1cccc(NC(=O)NCCOCc2ccccc2)c1. The second-order valence-corrected chi connectivity index (χ2v) is 6.62. The minimum Gasteiger partial charge on any atom is -0.375 e. The van der Waals surface area contributed by atoms with Gasteiger partial charge in [0.05, 0.1) is 13.2 Å². The lowest BCUT2D eigenvalue weighted by molar-refractivity contribution is -0.117. The highest BCUT2D eigenvalue weighted by molar-refractivity contribution is 5.97. The van der Waals surface area contributed by atoms with Crippen molar-refractivity contribution < 1.29 is 14.3 Å². The molecule has 3 amide bonds. The van der Waals surface area contributed by atoms with Crippen molar-refractivity contribution in [2.45, 2.75) is 32.4 Å². The number of carbonyl (C=O) groups excluding carboxylic acids is 2. The zero-order chi connectivity index (χ0) is 19.1. The maximum atomic E-state index is 12.0. The van der Waals surface area contributed by atoms with Gasteiger partial charge < -0.3 is 20.3 Å². The van der Waals surface area contributed by atoms with Crippen molar-refractivity contribution in [2.24, 2.45) is 0 Å². The molecule has 0 unspecified atom stereocenters. The van der Waals surface area contributed by atoms with E-state index in [1.807, 2.05) is 55.5 Å². The lowest BCUT2D eigenvalue weighted by Crippen LogP contribution is -2.32. The van der Waals surface area contributed by atoms with Crippen molar-refractivity contribution >= 4 is 23.3 Å². The molecule has 3 rings (SSSR count). The van der Waals surface area contributed by atoms with Crippen LogP contribution >= 0.6 is 0 Å². The fourth-order valence-corrected chi connectivity index (χ4v) is 3.14. The lowest BCUT2D eigenvalue weighted by atomic mass is 10.2. The lowest BCUT2D eigenvalue weighted by Gasteiger charge is -2.22. The van der Waals surface area contributed by atoms with Crippen molar-refractivity contribution in [1.29, 1.82) is 0 Å². The molecule has 6 heteroatoms. The van der Waals surface area contributed by atoms with Crippen molar-refractivity contribution in [3.63, 3.8) is 0 Å². The van der Waals surface area contributed by atoms with Gasteiger partial charge in [-0.15, -0.1) is 0 Å². The van der Waals surface area contributed by atoms with Crippen LogP contribution in [0.2, 0.25) is 0 Å². The van der Waals surface area contributed by atoms with Gasteiger partial charge in [-0.1, -0.05) is 36.4 Å². The Morgan fingerprint density at radius 1 is 1.19 bits per heavy atom. The van der Waals surface area contributed by atoms with Gasteiger partial charge in [-0.05, 0) is 37.1 Å². The molecule has 2 N–H and O–H groups in total. The number of hydrogen-bond acceptors (Lipinski definition) is 3. The molecule has 0 saturated carbocycles. The van der Waals surface area contributed by atoms with Gasteiger partial charge >= 0.3 is 6.03 Å². The second kappa shape index (κ2) is 9.19. The maximum absolute atomic E-state index is 12.0. The van der Waals surface area contributed by atoms with Crippen LogP contribution in [0.5, 0.6) is 0 Å². The second-order valence-electron chi connectivity index (χ2n) is 6.62. The number of nitrogens with one attached hydrogen (secondary N) is 2. The average molecular weight is 367 g/mol. The molecule has 1 saturated heterocycles. The fourth-order valence-electron chi connectivity index (χ4n) is 3.14. The Morgan fingerprint density at radius 2 is 2.00 bits per heavy atom. The van der Waals surface area contributed by atoms with E-state index < -0.39 is 0 Å². The van der Waals surface area contributed by atoms with Gasteiger partial charge in [0.15, 0.2) is 0 Å². The molecule has 142 valence electrons. The molecule has 27 heavy (non-hydrogen) atoms. The van der Waals surface area contributed by atoms with E-state index in [9.17, 15) is 9.59 Å². The summed E-state index contributed by atoms with van der Waals surface area (Å²) in [6, 6.07) is 17.1. The van der Waals surface area contributed by atoms with Crippen molar-refractivity contribution in [2.75, 3.05) is 23.4 Å². The molecule has 0 aromatic heterocycles. The third kappa shape index (κ3) is 5.31. The highest BCUT2D eigenvalue weighted by Gasteiger charge is 2.28. The summed E-state index contributed by atoms with van der Waals surface area (Å²) in [6.45, 7) is 3.41. The van der Waals surface area contributed by atoms with Gasteiger partial charge in [0, 0.05) is 30.4 Å². The number of rotatable bonds is 7. The molecule has 0 radical (unpaired) electrons. The zero-order valence-electron chi connectivity index (χ0n) is 15.5. The Kier molecular flexibility index (Phi) is 6.44. The molecule has 1 fully saturated rings. The highest BCUT2D eigenvalue weighted by atomic mass is 16.5. The average Bonchev–Trinajstić information content (AvgIpc) is 3.01. The Hall–Kier alpha value is -2.86. The van der Waals surface area contributed by atoms with Crippen molar-refractivity contribution in [3.05, 3.63) is 60.2 Å². The molecular formula is C21H25N3O3. The van der Waals surface area contributed by atoms with Gasteiger partial charge in [0.2, 0.25) is 5.91 Å². The molecule has 1 heterocycles. The van der Waals surface area contributed by atoms with Crippen LogP contribution in [-0.4, -0.2) is 31.1 Å². The van der Waals surface area contributed by atoms with Crippen LogP contribution in [0.3, 0.4) is 0 Å². The smallest absolute Gasteiger partial charge is 0.319 e. The quantitative estimate of drug-likeness (QED) is 0.736. The standard InChI is InChI=1S/C21H25N3O3/c1-16-10-11-20(25)24(16)19-9-5-8-18(14-19)23-21(26)22-12-13-27-15-17-6-3-2-4-7-17/h2-9,14,16H,10-13,15H2,1H3,(H2,22,23,26)/t16-/m1/s1. The van der Waals surface area contributed by atoms with E-state index in [1.54, 1.807) is 11.0 Å². The van der Waals surface area contributed by atoms with Crippen LogP contribution in [0.25, 0.3) is 0 Å². The molecule has 0 bridgehead atoms. The van der Waals surface area contributed by atoms with E-state index >= 15 is 0 Å². The summed E-state index contributed by atoms with van der Waals surface area (Å²) in [6.07, 6.45) is 1.43.